The molecule has 0 aromatic heterocycles. The van der Waals surface area contributed by atoms with Gasteiger partial charge in [0.1, 0.15) is 0 Å². The van der Waals surface area contributed by atoms with Gasteiger partial charge in [0.25, 0.3) is 0 Å². The standard InChI is InChI=1S/C17H21N3O4/c1-17-8-4-3-5-12(17)15(17)16(21)19-18-10-11-6-7-14(24-2)13(9-11)20(22)23/h6-7,9-10,12,15H,3-5,8H2,1-2H3,(H,19,21)/b18-10-/t12-,15-,17+/m0/s1. The minimum atomic E-state index is -0.509. The molecule has 3 atom stereocenters. The Morgan fingerprint density at radius 2 is 2.29 bits per heavy atom. The van der Waals surface area contributed by atoms with Crippen LogP contribution in [0.4, 0.5) is 5.69 Å². The predicted molar refractivity (Wildman–Crippen MR) is 88.9 cm³/mol. The van der Waals surface area contributed by atoms with Crippen LogP contribution in [0.1, 0.15) is 38.2 Å². The molecule has 128 valence electrons. The molecular weight excluding hydrogens is 310 g/mol. The lowest BCUT2D eigenvalue weighted by Gasteiger charge is -2.15. The molecule has 1 aromatic rings. The summed E-state index contributed by atoms with van der Waals surface area (Å²) >= 11 is 0. The van der Waals surface area contributed by atoms with E-state index in [-0.39, 0.29) is 28.7 Å². The molecule has 2 fully saturated rings. The molecular formula is C17H21N3O4. The smallest absolute Gasteiger partial charge is 0.311 e. The van der Waals surface area contributed by atoms with Crippen molar-refractivity contribution in [2.45, 2.75) is 32.6 Å². The second kappa shape index (κ2) is 6.22. The van der Waals surface area contributed by atoms with Gasteiger partial charge in [0.2, 0.25) is 5.91 Å². The van der Waals surface area contributed by atoms with E-state index < -0.39 is 4.92 Å². The molecule has 0 unspecified atom stereocenters. The van der Waals surface area contributed by atoms with Gasteiger partial charge >= 0.3 is 5.69 Å². The third-order valence-corrected chi connectivity index (χ3v) is 5.40. The van der Waals surface area contributed by atoms with Crippen LogP contribution in [0.2, 0.25) is 0 Å². The number of ether oxygens (including phenoxy) is 1. The van der Waals surface area contributed by atoms with Gasteiger partial charge in [0.15, 0.2) is 5.75 Å². The maximum Gasteiger partial charge on any atom is 0.311 e. The van der Waals surface area contributed by atoms with E-state index in [1.165, 1.54) is 38.3 Å². The zero-order valence-electron chi connectivity index (χ0n) is 13.8. The Labute approximate surface area is 140 Å². The highest BCUT2D eigenvalue weighted by Crippen LogP contribution is 2.66. The summed E-state index contributed by atoms with van der Waals surface area (Å²) in [7, 11) is 1.38. The Balaban J connectivity index is 1.64. The highest BCUT2D eigenvalue weighted by Gasteiger charge is 2.64. The summed E-state index contributed by atoms with van der Waals surface area (Å²) < 4.78 is 4.95. The molecule has 3 rings (SSSR count). The van der Waals surface area contributed by atoms with Gasteiger partial charge in [-0.2, -0.15) is 5.10 Å². The average molecular weight is 331 g/mol. The SMILES string of the molecule is COc1ccc(/C=N\NC(=O)[C@@H]2[C@@H]3CCCC[C@@]23C)cc1[N+](=O)[O-]. The van der Waals surface area contributed by atoms with Crippen molar-refractivity contribution in [3.05, 3.63) is 33.9 Å². The first kappa shape index (κ1) is 16.4. The number of hydrogen-bond donors (Lipinski definition) is 1. The van der Waals surface area contributed by atoms with Gasteiger partial charge in [-0.05, 0) is 36.3 Å². The number of fused-ring (bicyclic) bond motifs is 1. The molecule has 1 N–H and O–H groups in total. The second-order valence-corrected chi connectivity index (χ2v) is 6.76. The molecule has 2 aliphatic rings. The summed E-state index contributed by atoms with van der Waals surface area (Å²) in [6, 6.07) is 4.53. The van der Waals surface area contributed by atoms with Crippen LogP contribution >= 0.6 is 0 Å². The fourth-order valence-electron chi connectivity index (χ4n) is 4.02. The minimum Gasteiger partial charge on any atom is -0.490 e. The van der Waals surface area contributed by atoms with Crippen LogP contribution < -0.4 is 10.2 Å². The van der Waals surface area contributed by atoms with Gasteiger partial charge < -0.3 is 4.74 Å². The number of carbonyl (C=O) groups excluding carboxylic acids is 1. The Morgan fingerprint density at radius 3 is 2.92 bits per heavy atom. The topological polar surface area (TPSA) is 93.8 Å². The van der Waals surface area contributed by atoms with E-state index in [2.05, 4.69) is 17.5 Å². The molecule has 24 heavy (non-hydrogen) atoms. The normalized spacial score (nSPS) is 28.2. The fraction of sp³-hybridized carbons (Fsp3) is 0.529. The predicted octanol–water partition coefficient (Wildman–Crippen LogP) is 2.88. The molecule has 0 radical (unpaired) electrons. The second-order valence-electron chi connectivity index (χ2n) is 6.76. The lowest BCUT2D eigenvalue weighted by atomic mass is 9.90. The van der Waals surface area contributed by atoms with E-state index in [0.29, 0.717) is 11.5 Å². The third kappa shape index (κ3) is 2.86. The summed E-state index contributed by atoms with van der Waals surface area (Å²) in [6.45, 7) is 2.18. The highest BCUT2D eigenvalue weighted by atomic mass is 16.6. The molecule has 1 aromatic carbocycles. The largest absolute Gasteiger partial charge is 0.490 e. The number of hydrazone groups is 1. The van der Waals surface area contributed by atoms with Crippen molar-refractivity contribution in [1.82, 2.24) is 5.43 Å². The van der Waals surface area contributed by atoms with Crippen LogP contribution in [0.25, 0.3) is 0 Å². The quantitative estimate of drug-likeness (QED) is 0.510. The zero-order chi connectivity index (χ0) is 17.3. The average Bonchev–Trinajstić information content (AvgIpc) is 3.20. The molecule has 7 nitrogen and oxygen atoms in total. The van der Waals surface area contributed by atoms with E-state index in [1.54, 1.807) is 6.07 Å². The Bertz CT molecular complexity index is 703. The first-order chi connectivity index (χ1) is 11.5. The van der Waals surface area contributed by atoms with E-state index in [4.69, 9.17) is 4.74 Å². The summed E-state index contributed by atoms with van der Waals surface area (Å²) in [6.07, 6.45) is 6.02. The van der Waals surface area contributed by atoms with Crippen molar-refractivity contribution in [3.63, 3.8) is 0 Å². The van der Waals surface area contributed by atoms with Crippen molar-refractivity contribution in [1.29, 1.82) is 0 Å². The van der Waals surface area contributed by atoms with E-state index in [0.717, 1.165) is 12.8 Å². The van der Waals surface area contributed by atoms with Gasteiger partial charge in [-0.3, -0.25) is 14.9 Å². The highest BCUT2D eigenvalue weighted by molar-refractivity contribution is 5.86. The van der Waals surface area contributed by atoms with Crippen molar-refractivity contribution in [2.75, 3.05) is 7.11 Å². The molecule has 2 saturated carbocycles. The summed E-state index contributed by atoms with van der Waals surface area (Å²) in [5.41, 5.74) is 3.12. The van der Waals surface area contributed by atoms with Crippen molar-refractivity contribution < 1.29 is 14.5 Å². The van der Waals surface area contributed by atoms with Gasteiger partial charge in [0.05, 0.1) is 18.2 Å². The number of nitro groups is 1. The molecule has 0 saturated heterocycles. The van der Waals surface area contributed by atoms with Gasteiger partial charge in [-0.15, -0.1) is 0 Å². The molecule has 0 bridgehead atoms. The molecule has 1 amide bonds. The number of methoxy groups -OCH3 is 1. The number of carbonyl (C=O) groups is 1. The Kier molecular flexibility index (Phi) is 4.26. The summed E-state index contributed by atoms with van der Waals surface area (Å²) in [4.78, 5) is 22.8. The van der Waals surface area contributed by atoms with Crippen LogP contribution in [-0.4, -0.2) is 24.2 Å². The zero-order valence-corrected chi connectivity index (χ0v) is 13.8. The lowest BCUT2D eigenvalue weighted by molar-refractivity contribution is -0.385. The van der Waals surface area contributed by atoms with Crippen LogP contribution in [0, 0.1) is 27.4 Å². The molecule has 2 aliphatic carbocycles. The van der Waals surface area contributed by atoms with Gasteiger partial charge in [0, 0.05) is 17.5 Å². The fourth-order valence-corrected chi connectivity index (χ4v) is 4.02. The maximum atomic E-state index is 12.3. The summed E-state index contributed by atoms with van der Waals surface area (Å²) in [5.74, 6) is 0.658. The number of benzene rings is 1. The van der Waals surface area contributed by atoms with Gasteiger partial charge in [-0.25, -0.2) is 5.43 Å². The van der Waals surface area contributed by atoms with Gasteiger partial charge in [-0.1, -0.05) is 19.8 Å². The third-order valence-electron chi connectivity index (χ3n) is 5.40. The number of rotatable bonds is 5. The molecule has 0 spiro atoms. The van der Waals surface area contributed by atoms with E-state index in [9.17, 15) is 14.9 Å². The van der Waals surface area contributed by atoms with Crippen molar-refractivity contribution >= 4 is 17.8 Å². The number of amides is 1. The monoisotopic (exact) mass is 331 g/mol. The number of nitrogens with zero attached hydrogens (tertiary/aromatic N) is 2. The number of nitro benzene ring substituents is 1. The van der Waals surface area contributed by atoms with Crippen LogP contribution in [0.15, 0.2) is 23.3 Å². The maximum absolute atomic E-state index is 12.3. The van der Waals surface area contributed by atoms with Crippen molar-refractivity contribution in [2.24, 2.45) is 22.4 Å². The Morgan fingerprint density at radius 1 is 1.50 bits per heavy atom. The molecule has 7 heteroatoms. The van der Waals surface area contributed by atoms with E-state index in [1.807, 2.05) is 0 Å². The first-order valence-corrected chi connectivity index (χ1v) is 8.12. The van der Waals surface area contributed by atoms with Crippen LogP contribution in [0.5, 0.6) is 5.75 Å². The van der Waals surface area contributed by atoms with Crippen LogP contribution in [0.3, 0.4) is 0 Å². The number of hydrogen-bond acceptors (Lipinski definition) is 5. The number of nitrogens with one attached hydrogen (secondary N) is 1. The Hall–Kier alpha value is -2.44. The van der Waals surface area contributed by atoms with Crippen LogP contribution in [-0.2, 0) is 4.79 Å². The lowest BCUT2D eigenvalue weighted by Crippen LogP contribution is -2.22. The first-order valence-electron chi connectivity index (χ1n) is 8.12. The van der Waals surface area contributed by atoms with E-state index >= 15 is 0 Å². The summed E-state index contributed by atoms with van der Waals surface area (Å²) in [5, 5.41) is 15.0. The molecule has 0 heterocycles. The minimum absolute atomic E-state index is 0.0438. The molecule has 0 aliphatic heterocycles. The van der Waals surface area contributed by atoms with Crippen molar-refractivity contribution in [3.8, 4) is 5.75 Å².